The van der Waals surface area contributed by atoms with Gasteiger partial charge in [-0.05, 0) is 52.5 Å². The fourth-order valence-electron chi connectivity index (χ4n) is 2.89. The molecule has 0 N–H and O–H groups in total. The summed E-state index contributed by atoms with van der Waals surface area (Å²) in [5.74, 6) is 1.81. The van der Waals surface area contributed by atoms with Gasteiger partial charge in [-0.3, -0.25) is 4.21 Å². The fourth-order valence-corrected chi connectivity index (χ4v) is 3.85. The maximum Gasteiger partial charge on any atom is 0.123 e. The quantitative estimate of drug-likeness (QED) is 0.430. The van der Waals surface area contributed by atoms with E-state index < -0.39 is 10.8 Å². The topological polar surface area (TPSA) is 35.5 Å². The smallest absolute Gasteiger partial charge is 0.123 e. The monoisotopic (exact) mass is 468 g/mol. The van der Waals surface area contributed by atoms with Gasteiger partial charge >= 0.3 is 0 Å². The predicted molar refractivity (Wildman–Crippen MR) is 141 cm³/mol. The van der Waals surface area contributed by atoms with Crippen LogP contribution in [0.4, 0.5) is 0 Å². The molecule has 0 aliphatic rings. The lowest BCUT2D eigenvalue weighted by Gasteiger charge is -2.22. The molecule has 2 rings (SSSR count). The average Bonchev–Trinajstić information content (AvgIpc) is 2.65. The predicted octanol–water partition coefficient (Wildman–Crippen LogP) is 7.72. The van der Waals surface area contributed by atoms with E-state index in [4.69, 9.17) is 9.47 Å². The molecular formula is C26H44O3S2. The molecule has 0 saturated carbocycles. The lowest BCUT2D eigenvalue weighted by molar-refractivity contribution is 0.396. The molecule has 2 aromatic carbocycles. The van der Waals surface area contributed by atoms with E-state index in [-0.39, 0.29) is 25.7 Å². The third kappa shape index (κ3) is 9.28. The second-order valence-electron chi connectivity index (χ2n) is 8.88. The Morgan fingerprint density at radius 1 is 0.774 bits per heavy atom. The Bertz CT molecular complexity index is 832. The van der Waals surface area contributed by atoms with Gasteiger partial charge in [0.05, 0.1) is 14.2 Å². The highest BCUT2D eigenvalue weighted by molar-refractivity contribution is 7.98. The summed E-state index contributed by atoms with van der Waals surface area (Å²) < 4.78 is 22.1. The van der Waals surface area contributed by atoms with E-state index >= 15 is 0 Å². The zero-order valence-electron chi connectivity index (χ0n) is 19.5. The van der Waals surface area contributed by atoms with E-state index in [0.717, 1.165) is 22.0 Å². The van der Waals surface area contributed by atoms with Gasteiger partial charge in [0.25, 0.3) is 0 Å². The van der Waals surface area contributed by atoms with E-state index in [9.17, 15) is 4.21 Å². The first-order chi connectivity index (χ1) is 13.3. The van der Waals surface area contributed by atoms with Crippen LogP contribution in [0.5, 0.6) is 11.5 Å². The molecule has 31 heavy (non-hydrogen) atoms. The maximum absolute atomic E-state index is 11.3. The Morgan fingerprint density at radius 2 is 1.19 bits per heavy atom. The molecule has 0 fully saturated rings. The molecule has 1 unspecified atom stereocenters. The van der Waals surface area contributed by atoms with Crippen LogP contribution in [-0.4, -0.2) is 30.9 Å². The van der Waals surface area contributed by atoms with Gasteiger partial charge in [-0.25, -0.2) is 0 Å². The second kappa shape index (κ2) is 13.2. The minimum atomic E-state index is -0.956. The lowest BCUT2D eigenvalue weighted by Crippen LogP contribution is -2.13. The third-order valence-corrected chi connectivity index (χ3v) is 6.17. The first kappa shape index (κ1) is 31.7. The van der Waals surface area contributed by atoms with Crippen molar-refractivity contribution in [1.82, 2.24) is 0 Å². The van der Waals surface area contributed by atoms with E-state index in [0.29, 0.717) is 0 Å². The fraction of sp³-hybridized carbons (Fsp3) is 0.538. The lowest BCUT2D eigenvalue weighted by atomic mass is 9.86. The number of hydrogen-bond acceptors (Lipinski definition) is 4. The van der Waals surface area contributed by atoms with Gasteiger partial charge in [0, 0.05) is 26.8 Å². The summed E-state index contributed by atoms with van der Waals surface area (Å²) in [7, 11) is 2.42. The van der Waals surface area contributed by atoms with Crippen LogP contribution in [0.25, 0.3) is 0 Å². The standard InChI is InChI=1S/C12H18O2S.C12H18OS.2CH4/c1-12(2,3)10-7-6-9(15(5)13)8-11(10)14-4;1-12(2,3)10-7-6-9(14-5)8-11(10)13-4;;/h6-8H,1-5H3;6-8H,1-5H3;2*1H4. The number of benzene rings is 2. The summed E-state index contributed by atoms with van der Waals surface area (Å²) in [5, 5.41) is 0. The molecule has 0 aliphatic carbocycles. The van der Waals surface area contributed by atoms with Crippen molar-refractivity contribution < 1.29 is 13.7 Å². The van der Waals surface area contributed by atoms with Crippen molar-refractivity contribution in [3.63, 3.8) is 0 Å². The van der Waals surface area contributed by atoms with Crippen molar-refractivity contribution in [2.24, 2.45) is 0 Å². The van der Waals surface area contributed by atoms with Crippen LogP contribution in [0, 0.1) is 0 Å². The van der Waals surface area contributed by atoms with Gasteiger partial charge < -0.3 is 9.47 Å². The van der Waals surface area contributed by atoms with Crippen LogP contribution in [-0.2, 0) is 21.6 Å². The molecule has 5 heteroatoms. The van der Waals surface area contributed by atoms with Gasteiger partial charge in [0.15, 0.2) is 0 Å². The van der Waals surface area contributed by atoms with Crippen molar-refractivity contribution in [3.05, 3.63) is 47.5 Å². The highest BCUT2D eigenvalue weighted by Gasteiger charge is 2.19. The van der Waals surface area contributed by atoms with Crippen molar-refractivity contribution in [2.45, 2.75) is 77.0 Å². The van der Waals surface area contributed by atoms with E-state index in [2.05, 4.69) is 66.0 Å². The van der Waals surface area contributed by atoms with Gasteiger partial charge in [-0.1, -0.05) is 68.5 Å². The number of thioether (sulfide) groups is 1. The number of methoxy groups -OCH3 is 2. The van der Waals surface area contributed by atoms with Crippen LogP contribution in [0.3, 0.4) is 0 Å². The molecular weight excluding hydrogens is 424 g/mol. The molecule has 0 spiro atoms. The average molecular weight is 469 g/mol. The first-order valence-corrected chi connectivity index (χ1v) is 12.4. The highest BCUT2D eigenvalue weighted by atomic mass is 32.2. The second-order valence-corrected chi connectivity index (χ2v) is 11.1. The summed E-state index contributed by atoms with van der Waals surface area (Å²) in [6.07, 6.45) is 3.75. The molecule has 2 aromatic rings. The van der Waals surface area contributed by atoms with Gasteiger partial charge in [-0.2, -0.15) is 0 Å². The molecule has 0 aliphatic heterocycles. The van der Waals surface area contributed by atoms with Crippen LogP contribution < -0.4 is 9.47 Å². The van der Waals surface area contributed by atoms with E-state index in [1.54, 1.807) is 32.2 Å². The molecule has 0 heterocycles. The minimum absolute atomic E-state index is 0. The summed E-state index contributed by atoms with van der Waals surface area (Å²) >= 11 is 1.74. The SMILES string of the molecule is C.C.COc1cc(S(C)=O)ccc1C(C)(C)C.COc1cc(SC)ccc1C(C)(C)C. The Labute approximate surface area is 198 Å². The van der Waals surface area contributed by atoms with E-state index in [1.807, 2.05) is 18.2 Å². The zero-order valence-corrected chi connectivity index (χ0v) is 21.1. The number of hydrogen-bond donors (Lipinski definition) is 0. The molecule has 0 aromatic heterocycles. The first-order valence-electron chi connectivity index (χ1n) is 9.59. The molecule has 0 bridgehead atoms. The normalized spacial score (nSPS) is 11.8. The summed E-state index contributed by atoms with van der Waals surface area (Å²) in [4.78, 5) is 2.05. The number of rotatable bonds is 4. The summed E-state index contributed by atoms with van der Waals surface area (Å²) in [5.41, 5.74) is 2.58. The Morgan fingerprint density at radius 3 is 1.55 bits per heavy atom. The minimum Gasteiger partial charge on any atom is -0.496 e. The Kier molecular flexibility index (Phi) is 13.5. The summed E-state index contributed by atoms with van der Waals surface area (Å²) in [6.45, 7) is 13.0. The summed E-state index contributed by atoms with van der Waals surface area (Å²) in [6, 6.07) is 12.2. The van der Waals surface area contributed by atoms with E-state index in [1.165, 1.54) is 10.5 Å². The molecule has 0 saturated heterocycles. The maximum atomic E-state index is 11.3. The Balaban J connectivity index is 0. The van der Waals surface area contributed by atoms with Crippen LogP contribution in [0.1, 0.15) is 67.5 Å². The molecule has 0 amide bonds. The van der Waals surface area contributed by atoms with Crippen molar-refractivity contribution in [3.8, 4) is 11.5 Å². The van der Waals surface area contributed by atoms with Gasteiger partial charge in [0.2, 0.25) is 0 Å². The zero-order chi connectivity index (χ0) is 22.4. The van der Waals surface area contributed by atoms with Crippen LogP contribution in [0.2, 0.25) is 0 Å². The van der Waals surface area contributed by atoms with Crippen LogP contribution in [0.15, 0.2) is 46.2 Å². The molecule has 0 radical (unpaired) electrons. The molecule has 3 nitrogen and oxygen atoms in total. The number of ether oxygens (including phenoxy) is 2. The third-order valence-electron chi connectivity index (χ3n) is 4.53. The van der Waals surface area contributed by atoms with Gasteiger partial charge in [0.1, 0.15) is 11.5 Å². The largest absolute Gasteiger partial charge is 0.496 e. The van der Waals surface area contributed by atoms with Crippen molar-refractivity contribution in [2.75, 3.05) is 26.7 Å². The Hall–Kier alpha value is -1.46. The van der Waals surface area contributed by atoms with Gasteiger partial charge in [-0.15, -0.1) is 11.8 Å². The van der Waals surface area contributed by atoms with Crippen LogP contribution >= 0.6 is 11.8 Å². The van der Waals surface area contributed by atoms with Crippen molar-refractivity contribution in [1.29, 1.82) is 0 Å². The molecule has 1 atom stereocenters. The highest BCUT2D eigenvalue weighted by Crippen LogP contribution is 2.34. The van der Waals surface area contributed by atoms with Crippen molar-refractivity contribution >= 4 is 22.6 Å². The molecule has 178 valence electrons.